The molecule has 0 fully saturated rings. The van der Waals surface area contributed by atoms with Crippen molar-refractivity contribution in [2.75, 3.05) is 59.9 Å². The smallest absolute Gasteiger partial charge is 0.870 e. The van der Waals surface area contributed by atoms with E-state index in [4.69, 9.17) is 18.9 Å². The van der Waals surface area contributed by atoms with E-state index in [-0.39, 0.29) is 64.7 Å². The van der Waals surface area contributed by atoms with Gasteiger partial charge >= 0.3 is 42.7 Å². The van der Waals surface area contributed by atoms with Crippen molar-refractivity contribution in [1.29, 1.82) is 0 Å². The Morgan fingerprint density at radius 2 is 0.779 bits per heavy atom. The molecule has 0 bridgehead atoms. The molecule has 8 aromatic carbocycles. The van der Waals surface area contributed by atoms with Crippen LogP contribution in [0, 0.1) is 13.8 Å². The van der Waals surface area contributed by atoms with E-state index < -0.39 is 57.1 Å². The van der Waals surface area contributed by atoms with Gasteiger partial charge in [-0.25, -0.2) is 16.8 Å². The Morgan fingerprint density at radius 3 is 1.13 bits per heavy atom. The Hall–Kier alpha value is -8.58. The predicted octanol–water partition coefficient (Wildman–Crippen LogP) is 7.62. The summed E-state index contributed by atoms with van der Waals surface area (Å²) in [6, 6.07) is 48.3. The fraction of sp³-hybridized carbons (Fsp3) is 0.250. The van der Waals surface area contributed by atoms with Gasteiger partial charge in [0, 0.05) is 58.1 Å². The molecule has 19 nitrogen and oxygen atoms in total. The van der Waals surface area contributed by atoms with Crippen LogP contribution in [0.1, 0.15) is 48.9 Å². The number of anilines is 4. The summed E-state index contributed by atoms with van der Waals surface area (Å²) in [4.78, 5) is 52.5. The maximum Gasteiger partial charge on any atom is 1.00 e. The van der Waals surface area contributed by atoms with Crippen molar-refractivity contribution in [2.45, 2.75) is 75.5 Å². The summed E-state index contributed by atoms with van der Waals surface area (Å²) >= 11 is 0. The fourth-order valence-corrected chi connectivity index (χ4v) is 12.7. The van der Waals surface area contributed by atoms with Gasteiger partial charge in [-0.15, -0.1) is 0 Å². The van der Waals surface area contributed by atoms with Gasteiger partial charge in [-0.3, -0.25) is 27.8 Å². The molecule has 2 atom stereocenters. The first-order chi connectivity index (χ1) is 40.1. The minimum Gasteiger partial charge on any atom is -0.870 e. The molecule has 448 valence electrons. The maximum absolute atomic E-state index is 14.0. The van der Waals surface area contributed by atoms with E-state index in [1.165, 1.54) is 64.8 Å². The number of nitrogens with zero attached hydrogens (tertiary/aromatic N) is 4. The quantitative estimate of drug-likeness (QED) is 0.0436. The fourth-order valence-electron chi connectivity index (χ4n) is 9.82. The third-order valence-electron chi connectivity index (χ3n) is 14.4. The number of carboxylic acids is 2. The van der Waals surface area contributed by atoms with Gasteiger partial charge < -0.3 is 44.4 Å². The number of carbonyl (C=O) groups excluding carboxylic acids is 2. The predicted molar refractivity (Wildman–Crippen MR) is 327 cm³/mol. The average Bonchev–Trinajstić information content (AvgIpc) is 1.79. The van der Waals surface area contributed by atoms with Gasteiger partial charge in [-0.2, -0.15) is 0 Å². The van der Waals surface area contributed by atoms with Gasteiger partial charge in [0.25, 0.3) is 20.0 Å². The number of sulfonamides is 2. The van der Waals surface area contributed by atoms with Crippen LogP contribution >= 0.6 is 0 Å². The molecule has 0 saturated heterocycles. The van der Waals surface area contributed by atoms with Gasteiger partial charge in [0.2, 0.25) is 0 Å². The van der Waals surface area contributed by atoms with E-state index in [1.54, 1.807) is 42.5 Å². The van der Waals surface area contributed by atoms with Crippen LogP contribution in [0.3, 0.4) is 0 Å². The number of ether oxygens (including phenoxy) is 4. The topological polar surface area (TPSA) is 257 Å². The number of carbonyl (C=O) groups is 4. The Labute approximate surface area is 513 Å². The standard InChI is InChI=1S/C33H36N2O7S.C31H32N2O7S.Li.H2O/c1-23-10-6-7-11-25(23)21-34(24(2)20-32(36)41-4)30-18-19-31(29-13-9-8-12-28(29)30)35(22-33(37)42-5)43(38,39)27-16-14-26(40-3)15-17-27;1-21-8-4-5-9-23(21)19-32(22(2)18-30(34)35)28-16-17-29(27-11-7-6-10-26(27)28)33(20-31(36)37)41(38,39)25-14-12-24(40-3)13-15-25;;/h6-19,24H,20-22H2,1-5H3;4-17,22H,18-20H2,1-3H3,(H,34,35)(H,36,37);;1H2/q;;+1;/p-1/t24-;22-;;/m00../s1. The molecule has 0 amide bonds. The van der Waals surface area contributed by atoms with Gasteiger partial charge in [0.15, 0.2) is 0 Å². The summed E-state index contributed by atoms with van der Waals surface area (Å²) in [7, 11) is -2.93. The molecule has 22 heteroatoms. The number of aryl methyl sites for hydroxylation is 2. The number of rotatable bonds is 24. The summed E-state index contributed by atoms with van der Waals surface area (Å²) < 4.78 is 77.7. The molecule has 3 N–H and O–H groups in total. The first-order valence-electron chi connectivity index (χ1n) is 26.7. The molecule has 0 aliphatic heterocycles. The van der Waals surface area contributed by atoms with Crippen LogP contribution in [-0.4, -0.2) is 110 Å². The summed E-state index contributed by atoms with van der Waals surface area (Å²) in [5.41, 5.74) is 6.29. The van der Waals surface area contributed by atoms with Crippen LogP contribution in [-0.2, 0) is 61.8 Å². The Balaban J connectivity index is 0.000000307. The van der Waals surface area contributed by atoms with Crippen LogP contribution in [0.15, 0.2) is 180 Å². The van der Waals surface area contributed by atoms with Gasteiger partial charge in [-0.05, 0) is 123 Å². The zero-order chi connectivity index (χ0) is 60.9. The third kappa shape index (κ3) is 16.0. The summed E-state index contributed by atoms with van der Waals surface area (Å²) in [5.74, 6) is -2.33. The molecule has 0 heterocycles. The molecule has 8 aromatic rings. The van der Waals surface area contributed by atoms with Crippen molar-refractivity contribution < 1.29 is 89.5 Å². The first kappa shape index (κ1) is 68.2. The monoisotopic (exact) mass is 1200 g/mol. The zero-order valence-corrected chi connectivity index (χ0v) is 51.0. The number of hydrogen-bond donors (Lipinski definition) is 2. The first-order valence-corrected chi connectivity index (χ1v) is 29.6. The molecular formula is C64H69LiN4O15S2. The number of fused-ring (bicyclic) bond motifs is 2. The van der Waals surface area contributed by atoms with Crippen molar-refractivity contribution in [3.8, 4) is 11.5 Å². The number of hydrogen-bond acceptors (Lipinski definition) is 15. The second-order valence-corrected chi connectivity index (χ2v) is 23.6. The molecule has 0 unspecified atom stereocenters. The second-order valence-electron chi connectivity index (χ2n) is 19.8. The van der Waals surface area contributed by atoms with E-state index >= 15 is 0 Å². The summed E-state index contributed by atoms with van der Waals surface area (Å²) in [5, 5.41) is 21.8. The summed E-state index contributed by atoms with van der Waals surface area (Å²) in [6.07, 6.45) is 0.0394. The molecule has 0 spiro atoms. The van der Waals surface area contributed by atoms with Crippen LogP contribution in [0.4, 0.5) is 22.7 Å². The molecule has 0 radical (unpaired) electrons. The van der Waals surface area contributed by atoms with Crippen molar-refractivity contribution in [2.24, 2.45) is 0 Å². The third-order valence-corrected chi connectivity index (χ3v) is 18.0. The van der Waals surface area contributed by atoms with Crippen LogP contribution < -0.4 is 46.7 Å². The van der Waals surface area contributed by atoms with E-state index in [2.05, 4.69) is 4.90 Å². The van der Waals surface area contributed by atoms with Crippen molar-refractivity contribution >= 4 is 88.2 Å². The molecule has 0 saturated carbocycles. The van der Waals surface area contributed by atoms with Crippen LogP contribution in [0.5, 0.6) is 11.5 Å². The van der Waals surface area contributed by atoms with E-state index in [9.17, 15) is 46.2 Å². The maximum atomic E-state index is 14.0. The second kappa shape index (κ2) is 30.5. The SMILES string of the molecule is COC(=O)C[C@H](C)N(Cc1ccccc1C)c1ccc(N(CC(=O)OC)S(=O)(=O)c2ccc(OC)cc2)c2ccccc12.COc1ccc(S(=O)(=O)N(CC(=O)O)c2ccc(N(Cc3ccccc3C)[C@@H](C)CC(=O)O)c3ccccc23)cc1.[Li+].[OH-]. The normalized spacial score (nSPS) is 11.7. The number of benzene rings is 8. The molecule has 0 aliphatic carbocycles. The Kier molecular flexibility index (Phi) is 24.2. The zero-order valence-electron chi connectivity index (χ0n) is 49.4. The largest absolute Gasteiger partial charge is 1.00 e. The average molecular weight is 1210 g/mol. The molecule has 0 aliphatic rings. The number of aliphatic carboxylic acids is 2. The van der Waals surface area contributed by atoms with Gasteiger partial charge in [0.05, 0.1) is 62.4 Å². The summed E-state index contributed by atoms with van der Waals surface area (Å²) in [6.45, 7) is 7.42. The number of esters is 2. The van der Waals surface area contributed by atoms with Crippen molar-refractivity contribution in [3.05, 3.63) is 192 Å². The van der Waals surface area contributed by atoms with Crippen LogP contribution in [0.25, 0.3) is 21.5 Å². The molecule has 86 heavy (non-hydrogen) atoms. The van der Waals surface area contributed by atoms with E-state index in [0.717, 1.165) is 41.9 Å². The Morgan fingerprint density at radius 1 is 0.442 bits per heavy atom. The molecular weight excluding hydrogens is 1140 g/mol. The number of methoxy groups -OCH3 is 4. The van der Waals surface area contributed by atoms with Crippen LogP contribution in [0.2, 0.25) is 0 Å². The van der Waals surface area contributed by atoms with E-state index in [0.29, 0.717) is 52.1 Å². The Bertz CT molecular complexity index is 3890. The minimum atomic E-state index is -4.28. The van der Waals surface area contributed by atoms with E-state index in [1.807, 2.05) is 124 Å². The minimum absolute atomic E-state index is 0. The van der Waals surface area contributed by atoms with Gasteiger partial charge in [0.1, 0.15) is 24.6 Å². The molecule has 8 rings (SSSR count). The van der Waals surface area contributed by atoms with Crippen molar-refractivity contribution in [3.63, 3.8) is 0 Å². The molecule has 0 aromatic heterocycles. The van der Waals surface area contributed by atoms with Crippen molar-refractivity contribution in [1.82, 2.24) is 0 Å². The number of carboxylic acid groups (broad SMARTS) is 2. The van der Waals surface area contributed by atoms with Gasteiger partial charge in [-0.1, -0.05) is 97.1 Å².